The molecule has 0 bridgehead atoms. The van der Waals surface area contributed by atoms with Crippen LogP contribution >= 0.6 is 0 Å². The molecule has 24 heavy (non-hydrogen) atoms. The SMILES string of the molecule is O=C(Cn1ccc2ccccc2c1=O)N1CCc2ccccc2C1. The molecule has 0 N–H and O–H groups in total. The van der Waals surface area contributed by atoms with Gasteiger partial charge >= 0.3 is 0 Å². The van der Waals surface area contributed by atoms with Gasteiger partial charge in [-0.3, -0.25) is 9.59 Å². The van der Waals surface area contributed by atoms with Crippen molar-refractivity contribution in [2.45, 2.75) is 19.5 Å². The first kappa shape index (κ1) is 14.7. The zero-order chi connectivity index (χ0) is 16.5. The molecule has 2 heterocycles. The van der Waals surface area contributed by atoms with Gasteiger partial charge in [0, 0.05) is 24.7 Å². The number of carbonyl (C=O) groups is 1. The molecule has 0 saturated carbocycles. The van der Waals surface area contributed by atoms with Gasteiger partial charge in [0.1, 0.15) is 6.54 Å². The van der Waals surface area contributed by atoms with Crippen molar-refractivity contribution in [3.63, 3.8) is 0 Å². The average molecular weight is 318 g/mol. The lowest BCUT2D eigenvalue weighted by molar-refractivity contribution is -0.132. The second kappa shape index (κ2) is 5.96. The lowest BCUT2D eigenvalue weighted by Crippen LogP contribution is -2.39. The monoisotopic (exact) mass is 318 g/mol. The average Bonchev–Trinajstić information content (AvgIpc) is 2.64. The minimum atomic E-state index is -0.112. The molecule has 120 valence electrons. The van der Waals surface area contributed by atoms with Gasteiger partial charge in [0.25, 0.3) is 5.56 Å². The number of amides is 1. The van der Waals surface area contributed by atoms with Crippen molar-refractivity contribution >= 4 is 16.7 Å². The van der Waals surface area contributed by atoms with Crippen molar-refractivity contribution in [1.82, 2.24) is 9.47 Å². The second-order valence-electron chi connectivity index (χ2n) is 6.17. The van der Waals surface area contributed by atoms with Crippen molar-refractivity contribution in [2.75, 3.05) is 6.54 Å². The standard InChI is InChI=1S/C20H18N2O2/c23-19(21-11-9-15-5-1-2-7-17(15)13-21)14-22-12-10-16-6-3-4-8-18(16)20(22)24/h1-8,10,12H,9,11,13-14H2. The molecule has 1 aromatic heterocycles. The molecule has 0 aliphatic carbocycles. The summed E-state index contributed by atoms with van der Waals surface area (Å²) < 4.78 is 1.51. The number of aromatic nitrogens is 1. The molecular formula is C20H18N2O2. The van der Waals surface area contributed by atoms with Gasteiger partial charge in [0.2, 0.25) is 5.91 Å². The minimum Gasteiger partial charge on any atom is -0.336 e. The van der Waals surface area contributed by atoms with Gasteiger partial charge in [-0.1, -0.05) is 42.5 Å². The maximum Gasteiger partial charge on any atom is 0.258 e. The van der Waals surface area contributed by atoms with Crippen LogP contribution in [-0.2, 0) is 24.3 Å². The third-order valence-electron chi connectivity index (χ3n) is 4.68. The summed E-state index contributed by atoms with van der Waals surface area (Å²) in [5.41, 5.74) is 2.39. The van der Waals surface area contributed by atoms with Crippen LogP contribution < -0.4 is 5.56 Å². The van der Waals surface area contributed by atoms with E-state index in [1.807, 2.05) is 41.3 Å². The topological polar surface area (TPSA) is 42.3 Å². The number of hydrogen-bond acceptors (Lipinski definition) is 2. The molecule has 4 nitrogen and oxygen atoms in total. The number of rotatable bonds is 2. The highest BCUT2D eigenvalue weighted by atomic mass is 16.2. The third-order valence-corrected chi connectivity index (χ3v) is 4.68. The van der Waals surface area contributed by atoms with E-state index in [9.17, 15) is 9.59 Å². The van der Waals surface area contributed by atoms with Gasteiger partial charge in [0.15, 0.2) is 0 Å². The fourth-order valence-electron chi connectivity index (χ4n) is 3.31. The quantitative estimate of drug-likeness (QED) is 0.729. The van der Waals surface area contributed by atoms with Crippen LogP contribution in [0.25, 0.3) is 10.8 Å². The van der Waals surface area contributed by atoms with E-state index in [0.29, 0.717) is 18.5 Å². The summed E-state index contributed by atoms with van der Waals surface area (Å²) in [6.07, 6.45) is 2.58. The minimum absolute atomic E-state index is 0.0121. The Balaban J connectivity index is 1.57. The number of hydrogen-bond donors (Lipinski definition) is 0. The fourth-order valence-corrected chi connectivity index (χ4v) is 3.31. The Labute approximate surface area is 140 Å². The van der Waals surface area contributed by atoms with Crippen molar-refractivity contribution in [2.24, 2.45) is 0 Å². The molecular weight excluding hydrogens is 300 g/mol. The molecule has 0 unspecified atom stereocenters. The molecule has 1 aliphatic heterocycles. The zero-order valence-corrected chi connectivity index (χ0v) is 13.3. The van der Waals surface area contributed by atoms with E-state index >= 15 is 0 Å². The Morgan fingerprint density at radius 3 is 2.58 bits per heavy atom. The van der Waals surface area contributed by atoms with Crippen molar-refractivity contribution in [3.05, 3.63) is 82.3 Å². The molecule has 4 rings (SSSR count). The molecule has 4 heteroatoms. The van der Waals surface area contributed by atoms with Crippen LogP contribution in [0.4, 0.5) is 0 Å². The molecule has 0 atom stereocenters. The fraction of sp³-hybridized carbons (Fsp3) is 0.200. The highest BCUT2D eigenvalue weighted by Gasteiger charge is 2.20. The highest BCUT2D eigenvalue weighted by Crippen LogP contribution is 2.18. The summed E-state index contributed by atoms with van der Waals surface area (Å²) >= 11 is 0. The predicted octanol–water partition coefficient (Wildman–Crippen LogP) is 2.59. The van der Waals surface area contributed by atoms with Crippen molar-refractivity contribution in [3.8, 4) is 0 Å². The Morgan fingerprint density at radius 2 is 1.71 bits per heavy atom. The molecule has 2 aromatic carbocycles. The lowest BCUT2D eigenvalue weighted by atomic mass is 10.00. The zero-order valence-electron chi connectivity index (χ0n) is 13.3. The Bertz CT molecular complexity index is 975. The summed E-state index contributed by atoms with van der Waals surface area (Å²) in [4.78, 5) is 27.0. The van der Waals surface area contributed by atoms with E-state index in [4.69, 9.17) is 0 Å². The van der Waals surface area contributed by atoms with Crippen molar-refractivity contribution in [1.29, 1.82) is 0 Å². The summed E-state index contributed by atoms with van der Waals surface area (Å²) in [6, 6.07) is 17.6. The number of carbonyl (C=O) groups excluding carboxylic acids is 1. The maximum atomic E-state index is 12.6. The van der Waals surface area contributed by atoms with Crippen LogP contribution in [0.15, 0.2) is 65.6 Å². The second-order valence-corrected chi connectivity index (χ2v) is 6.17. The molecule has 1 aliphatic rings. The Hall–Kier alpha value is -2.88. The lowest BCUT2D eigenvalue weighted by Gasteiger charge is -2.29. The van der Waals surface area contributed by atoms with Gasteiger partial charge < -0.3 is 9.47 Å². The van der Waals surface area contributed by atoms with Crippen LogP contribution in [0.1, 0.15) is 11.1 Å². The smallest absolute Gasteiger partial charge is 0.258 e. The number of nitrogens with zero attached hydrogens (tertiary/aromatic N) is 2. The molecule has 3 aromatic rings. The van der Waals surface area contributed by atoms with Crippen LogP contribution in [0.2, 0.25) is 0 Å². The molecule has 0 radical (unpaired) electrons. The number of benzene rings is 2. The van der Waals surface area contributed by atoms with E-state index in [0.717, 1.165) is 11.8 Å². The molecule has 0 fully saturated rings. The maximum absolute atomic E-state index is 12.6. The first-order chi connectivity index (χ1) is 11.7. The molecule has 0 saturated heterocycles. The van der Waals surface area contributed by atoms with Gasteiger partial charge in [0.05, 0.1) is 0 Å². The van der Waals surface area contributed by atoms with E-state index < -0.39 is 0 Å². The Morgan fingerprint density at radius 1 is 0.958 bits per heavy atom. The summed E-state index contributed by atoms with van der Waals surface area (Å²) in [5, 5.41) is 1.55. The van der Waals surface area contributed by atoms with E-state index in [-0.39, 0.29) is 18.0 Å². The number of pyridine rings is 1. The normalized spacial score (nSPS) is 13.8. The van der Waals surface area contributed by atoms with E-state index in [2.05, 4.69) is 12.1 Å². The highest BCUT2D eigenvalue weighted by molar-refractivity contribution is 5.82. The van der Waals surface area contributed by atoms with Crippen LogP contribution in [0.3, 0.4) is 0 Å². The van der Waals surface area contributed by atoms with Gasteiger partial charge in [-0.15, -0.1) is 0 Å². The first-order valence-electron chi connectivity index (χ1n) is 8.15. The first-order valence-corrected chi connectivity index (χ1v) is 8.15. The van der Waals surface area contributed by atoms with E-state index in [1.54, 1.807) is 12.3 Å². The molecule has 1 amide bonds. The Kier molecular flexibility index (Phi) is 3.65. The van der Waals surface area contributed by atoms with Gasteiger partial charge in [-0.2, -0.15) is 0 Å². The summed E-state index contributed by atoms with van der Waals surface area (Å²) in [6.45, 7) is 1.42. The van der Waals surface area contributed by atoms with E-state index in [1.165, 1.54) is 15.7 Å². The third kappa shape index (κ3) is 2.60. The molecule has 0 spiro atoms. The summed E-state index contributed by atoms with van der Waals surface area (Å²) in [7, 11) is 0. The van der Waals surface area contributed by atoms with Gasteiger partial charge in [-0.25, -0.2) is 0 Å². The largest absolute Gasteiger partial charge is 0.336 e. The predicted molar refractivity (Wildman–Crippen MR) is 93.8 cm³/mol. The summed E-state index contributed by atoms with van der Waals surface area (Å²) in [5.74, 6) is -0.0121. The number of fused-ring (bicyclic) bond motifs is 2. The van der Waals surface area contributed by atoms with Crippen LogP contribution in [0, 0.1) is 0 Å². The van der Waals surface area contributed by atoms with Crippen LogP contribution in [-0.4, -0.2) is 21.9 Å². The van der Waals surface area contributed by atoms with Crippen LogP contribution in [0.5, 0.6) is 0 Å². The van der Waals surface area contributed by atoms with Gasteiger partial charge in [-0.05, 0) is 35.1 Å². The van der Waals surface area contributed by atoms with Crippen molar-refractivity contribution < 1.29 is 4.79 Å².